The predicted octanol–water partition coefficient (Wildman–Crippen LogP) is 6.17. The van der Waals surface area contributed by atoms with Crippen molar-refractivity contribution in [1.29, 1.82) is 0 Å². The van der Waals surface area contributed by atoms with Crippen LogP contribution in [0.25, 0.3) is 5.76 Å². The molecule has 0 spiro atoms. The van der Waals surface area contributed by atoms with Gasteiger partial charge in [0.2, 0.25) is 5.75 Å². The van der Waals surface area contributed by atoms with Crippen molar-refractivity contribution in [1.82, 2.24) is 4.98 Å². The third kappa shape index (κ3) is 6.36. The lowest BCUT2D eigenvalue weighted by Gasteiger charge is -2.24. The van der Waals surface area contributed by atoms with Gasteiger partial charge in [-0.2, -0.15) is 0 Å². The highest BCUT2D eigenvalue weighted by molar-refractivity contribution is 7.17. The van der Waals surface area contributed by atoms with Crippen LogP contribution in [-0.4, -0.2) is 55.7 Å². The minimum Gasteiger partial charge on any atom is -0.507 e. The molecule has 1 fully saturated rings. The van der Waals surface area contributed by atoms with Crippen LogP contribution in [0.4, 0.5) is 5.13 Å². The molecule has 0 radical (unpaired) electrons. The number of ether oxygens (including phenoxy) is 5. The number of esters is 1. The second kappa shape index (κ2) is 14.0. The van der Waals surface area contributed by atoms with Gasteiger partial charge in [-0.15, -0.1) is 0 Å². The standard InChI is InChI=1S/C35H34N2O9S/c1-7-45-34(41)32-20(3)36-35(47-32)37-28(23-16-25(42-4)31(44-6)26(17-23)43-5)27(30(39)33(37)40)29(38)22-13-14-24(19(2)15-22)46-18-21-11-9-8-10-12-21/h8-17,28,38H,7,18H2,1-6H3/b29-27+. The minimum atomic E-state index is -1.18. The number of methoxy groups -OCH3 is 3. The molecule has 2 heterocycles. The van der Waals surface area contributed by atoms with E-state index in [9.17, 15) is 19.5 Å². The maximum absolute atomic E-state index is 13.8. The van der Waals surface area contributed by atoms with E-state index in [1.165, 1.54) is 26.2 Å². The van der Waals surface area contributed by atoms with E-state index in [0.717, 1.165) is 16.9 Å². The Morgan fingerprint density at radius 2 is 1.62 bits per heavy atom. The molecule has 1 N–H and O–H groups in total. The van der Waals surface area contributed by atoms with Gasteiger partial charge in [-0.05, 0) is 67.8 Å². The van der Waals surface area contributed by atoms with Gasteiger partial charge in [-0.3, -0.25) is 14.5 Å². The summed E-state index contributed by atoms with van der Waals surface area (Å²) in [5.74, 6) is -1.44. The number of rotatable bonds is 11. The molecule has 0 bridgehead atoms. The van der Waals surface area contributed by atoms with E-state index < -0.39 is 29.5 Å². The number of aryl methyl sites for hydroxylation is 2. The highest BCUT2D eigenvalue weighted by Crippen LogP contribution is 2.48. The van der Waals surface area contributed by atoms with Crippen LogP contribution in [0.3, 0.4) is 0 Å². The third-order valence-corrected chi connectivity index (χ3v) is 8.72. The lowest BCUT2D eigenvalue weighted by molar-refractivity contribution is -0.132. The number of amides is 1. The molecule has 1 aliphatic rings. The molecule has 1 amide bonds. The Morgan fingerprint density at radius 3 is 2.21 bits per heavy atom. The number of carbonyl (C=O) groups is 3. The van der Waals surface area contributed by atoms with Crippen LogP contribution < -0.4 is 23.8 Å². The SMILES string of the molecule is CCOC(=O)c1sc(N2C(=O)C(=O)/C(=C(/O)c3ccc(OCc4ccccc4)c(C)c3)C2c2cc(OC)c(OC)c(OC)c2)nc1C. The minimum absolute atomic E-state index is 0.0753. The summed E-state index contributed by atoms with van der Waals surface area (Å²) in [5.41, 5.74) is 2.51. The van der Waals surface area contributed by atoms with Crippen LogP contribution >= 0.6 is 11.3 Å². The summed E-state index contributed by atoms with van der Waals surface area (Å²) < 4.78 is 27.8. The molecule has 0 aliphatic carbocycles. The van der Waals surface area contributed by atoms with Gasteiger partial charge < -0.3 is 28.8 Å². The molecule has 12 heteroatoms. The van der Waals surface area contributed by atoms with E-state index >= 15 is 0 Å². The van der Waals surface area contributed by atoms with Gasteiger partial charge >= 0.3 is 11.9 Å². The van der Waals surface area contributed by atoms with E-state index in [-0.39, 0.29) is 33.7 Å². The normalized spacial score (nSPS) is 15.4. The van der Waals surface area contributed by atoms with Crippen LogP contribution in [0.15, 0.2) is 66.2 Å². The van der Waals surface area contributed by atoms with Crippen molar-refractivity contribution < 1.29 is 43.2 Å². The fraction of sp³-hybridized carbons (Fsp3) is 0.257. The lowest BCUT2D eigenvalue weighted by atomic mass is 9.94. The first-order chi connectivity index (χ1) is 22.6. The maximum Gasteiger partial charge on any atom is 0.350 e. The summed E-state index contributed by atoms with van der Waals surface area (Å²) in [5, 5.41) is 11.8. The number of carbonyl (C=O) groups excluding carboxylic acids is 3. The molecule has 1 atom stereocenters. The van der Waals surface area contributed by atoms with E-state index in [1.54, 1.807) is 44.2 Å². The lowest BCUT2D eigenvalue weighted by Crippen LogP contribution is -2.29. The molecule has 4 aromatic rings. The summed E-state index contributed by atoms with van der Waals surface area (Å²) in [6.45, 7) is 5.61. The summed E-state index contributed by atoms with van der Waals surface area (Å²) in [6.07, 6.45) is 0. The molecule has 3 aromatic carbocycles. The smallest absolute Gasteiger partial charge is 0.350 e. The average Bonchev–Trinajstić information content (AvgIpc) is 3.59. The van der Waals surface area contributed by atoms with Gasteiger partial charge in [-0.1, -0.05) is 41.7 Å². The average molecular weight is 659 g/mol. The number of anilines is 1. The summed E-state index contributed by atoms with van der Waals surface area (Å²) in [7, 11) is 4.34. The molecule has 1 saturated heterocycles. The highest BCUT2D eigenvalue weighted by Gasteiger charge is 2.49. The Kier molecular flexibility index (Phi) is 9.80. The molecular formula is C35H34N2O9S. The first-order valence-corrected chi connectivity index (χ1v) is 15.5. The second-order valence-corrected chi connectivity index (χ2v) is 11.5. The van der Waals surface area contributed by atoms with E-state index in [4.69, 9.17) is 23.7 Å². The van der Waals surface area contributed by atoms with E-state index in [0.29, 0.717) is 40.5 Å². The number of hydrogen-bond acceptors (Lipinski definition) is 11. The zero-order valence-corrected chi connectivity index (χ0v) is 27.6. The number of benzene rings is 3. The number of ketones is 1. The number of aromatic nitrogens is 1. The van der Waals surface area contributed by atoms with Crippen LogP contribution in [0.5, 0.6) is 23.0 Å². The molecule has 5 rings (SSSR count). The number of aliphatic hydroxyl groups is 1. The van der Waals surface area contributed by atoms with Crippen molar-refractivity contribution in [3.05, 3.63) is 99.1 Å². The maximum atomic E-state index is 13.8. The number of aliphatic hydroxyl groups excluding tert-OH is 1. The van der Waals surface area contributed by atoms with Gasteiger partial charge in [0.25, 0.3) is 5.78 Å². The van der Waals surface area contributed by atoms with Crippen molar-refractivity contribution in [3.8, 4) is 23.0 Å². The molecule has 11 nitrogen and oxygen atoms in total. The van der Waals surface area contributed by atoms with Gasteiger partial charge in [0.15, 0.2) is 16.6 Å². The molecule has 1 aliphatic heterocycles. The van der Waals surface area contributed by atoms with Crippen LogP contribution in [0.1, 0.15) is 50.6 Å². The summed E-state index contributed by atoms with van der Waals surface area (Å²) in [4.78, 5) is 46.1. The van der Waals surface area contributed by atoms with E-state index in [1.807, 2.05) is 37.3 Å². The summed E-state index contributed by atoms with van der Waals surface area (Å²) >= 11 is 0.913. The zero-order valence-electron chi connectivity index (χ0n) is 26.8. The monoisotopic (exact) mass is 658 g/mol. The zero-order chi connectivity index (χ0) is 33.8. The number of hydrogen-bond donors (Lipinski definition) is 1. The van der Waals surface area contributed by atoms with Crippen LogP contribution in [0.2, 0.25) is 0 Å². The van der Waals surface area contributed by atoms with E-state index in [2.05, 4.69) is 4.98 Å². The third-order valence-electron chi connectivity index (χ3n) is 7.58. The van der Waals surface area contributed by atoms with Crippen molar-refractivity contribution in [2.75, 3.05) is 32.8 Å². The summed E-state index contributed by atoms with van der Waals surface area (Å²) in [6, 6.07) is 16.7. The van der Waals surface area contributed by atoms with Crippen molar-refractivity contribution in [2.45, 2.75) is 33.4 Å². The molecule has 0 saturated carbocycles. The van der Waals surface area contributed by atoms with Gasteiger partial charge in [-0.25, -0.2) is 9.78 Å². The fourth-order valence-electron chi connectivity index (χ4n) is 5.33. The van der Waals surface area contributed by atoms with Crippen molar-refractivity contribution in [2.24, 2.45) is 0 Å². The Balaban J connectivity index is 1.65. The van der Waals surface area contributed by atoms with Gasteiger partial charge in [0.1, 0.15) is 23.0 Å². The largest absolute Gasteiger partial charge is 0.507 e. The van der Waals surface area contributed by atoms with Crippen LogP contribution in [0, 0.1) is 13.8 Å². The first kappa shape index (κ1) is 33.0. The molecular weight excluding hydrogens is 624 g/mol. The Labute approximate surface area is 275 Å². The topological polar surface area (TPSA) is 134 Å². The second-order valence-electron chi connectivity index (χ2n) is 10.5. The highest BCUT2D eigenvalue weighted by atomic mass is 32.1. The predicted molar refractivity (Wildman–Crippen MR) is 176 cm³/mol. The number of Topliss-reactive ketones (excluding diaryl/α,β-unsaturated/α-hetero) is 1. The van der Waals surface area contributed by atoms with Gasteiger partial charge in [0, 0.05) is 5.56 Å². The first-order valence-electron chi connectivity index (χ1n) is 14.7. The molecule has 1 unspecified atom stereocenters. The number of thiazole rings is 1. The Bertz CT molecular complexity index is 1840. The fourth-order valence-corrected chi connectivity index (χ4v) is 6.31. The quantitative estimate of drug-likeness (QED) is 0.0864. The van der Waals surface area contributed by atoms with Crippen molar-refractivity contribution >= 4 is 39.9 Å². The molecule has 1 aromatic heterocycles. The number of nitrogens with zero attached hydrogens (tertiary/aromatic N) is 2. The Morgan fingerprint density at radius 1 is 0.936 bits per heavy atom. The van der Waals surface area contributed by atoms with Crippen LogP contribution in [-0.2, 0) is 20.9 Å². The van der Waals surface area contributed by atoms with Crippen molar-refractivity contribution in [3.63, 3.8) is 0 Å². The Hall–Kier alpha value is -5.36. The molecule has 244 valence electrons. The molecule has 47 heavy (non-hydrogen) atoms. The van der Waals surface area contributed by atoms with Gasteiger partial charge in [0.05, 0.1) is 45.2 Å².